The van der Waals surface area contributed by atoms with Crippen LogP contribution in [0.5, 0.6) is 0 Å². The molecule has 1 spiro atoms. The van der Waals surface area contributed by atoms with E-state index in [1.807, 2.05) is 4.90 Å². The fraction of sp³-hybridized carbons (Fsp3) is 0.394. The molecule has 43 heavy (non-hydrogen) atoms. The van der Waals surface area contributed by atoms with Crippen LogP contribution in [0.1, 0.15) is 53.8 Å². The van der Waals surface area contributed by atoms with E-state index in [1.54, 1.807) is 29.9 Å². The van der Waals surface area contributed by atoms with Gasteiger partial charge in [0, 0.05) is 37.9 Å². The number of likely N-dealkylation sites (tertiary alicyclic amines) is 1. The van der Waals surface area contributed by atoms with Gasteiger partial charge in [0.25, 0.3) is 0 Å². The van der Waals surface area contributed by atoms with Crippen molar-refractivity contribution in [3.05, 3.63) is 89.5 Å². The Labute approximate surface area is 249 Å². The Morgan fingerprint density at radius 1 is 1.05 bits per heavy atom. The second-order valence-corrected chi connectivity index (χ2v) is 11.7. The molecule has 0 N–H and O–H groups in total. The first kappa shape index (κ1) is 27.5. The third-order valence-corrected chi connectivity index (χ3v) is 9.35. The van der Waals surface area contributed by atoms with Crippen LogP contribution in [0.2, 0.25) is 0 Å². The average molecular weight is 583 g/mol. The molecule has 2 aliphatic heterocycles. The van der Waals surface area contributed by atoms with Crippen molar-refractivity contribution in [3.63, 3.8) is 0 Å². The Bertz CT molecular complexity index is 1660. The minimum absolute atomic E-state index is 0.124. The molecule has 1 aromatic heterocycles. The Morgan fingerprint density at radius 3 is 2.58 bits per heavy atom. The van der Waals surface area contributed by atoms with Gasteiger partial charge in [-0.05, 0) is 78.8 Å². The molecule has 1 unspecified atom stereocenters. The van der Waals surface area contributed by atoms with Crippen LogP contribution in [0.4, 0.5) is 10.1 Å². The van der Waals surface area contributed by atoms with Crippen molar-refractivity contribution in [1.29, 1.82) is 0 Å². The molecule has 7 rings (SSSR count). The zero-order valence-electron chi connectivity index (χ0n) is 24.3. The van der Waals surface area contributed by atoms with Crippen LogP contribution in [-0.4, -0.2) is 75.1 Å². The highest BCUT2D eigenvalue weighted by Gasteiger charge is 2.54. The molecule has 0 radical (unpaired) electrons. The Morgan fingerprint density at radius 2 is 1.81 bits per heavy atom. The molecule has 1 amide bonds. The van der Waals surface area contributed by atoms with Gasteiger partial charge in [-0.25, -0.2) is 9.18 Å². The van der Waals surface area contributed by atoms with E-state index in [4.69, 9.17) is 4.74 Å². The van der Waals surface area contributed by atoms with Crippen molar-refractivity contribution in [3.8, 4) is 0 Å². The van der Waals surface area contributed by atoms with Crippen LogP contribution in [0.15, 0.2) is 66.9 Å². The maximum atomic E-state index is 14.2. The summed E-state index contributed by atoms with van der Waals surface area (Å²) in [7, 11) is 0. The molecule has 9 nitrogen and oxygen atoms in total. The first-order chi connectivity index (χ1) is 21.0. The van der Waals surface area contributed by atoms with Gasteiger partial charge < -0.3 is 14.5 Å². The third-order valence-electron chi connectivity index (χ3n) is 9.35. The summed E-state index contributed by atoms with van der Waals surface area (Å²) in [5, 5.41) is 10.6. The molecular formula is C33H35FN6O3. The molecule has 10 heteroatoms. The van der Waals surface area contributed by atoms with Gasteiger partial charge in [0.05, 0.1) is 19.5 Å². The van der Waals surface area contributed by atoms with E-state index in [1.165, 1.54) is 34.0 Å². The summed E-state index contributed by atoms with van der Waals surface area (Å²) in [5.74, 6) is -0.663. The number of rotatable bonds is 8. The standard InChI is InChI=1S/C33H35FN6O3/c1-2-43-31(41)28-21-39(36-35-28)17-5-16-38-22-40(26-12-10-25(34)11-13-26)33(32(38)42)14-18-37(19-15-33)29-20-24-8-3-6-23-7-4-9-27(29)30(23)24/h3-4,6-13,21,29H,2,5,14-20,22H2,1H3. The highest BCUT2D eigenvalue weighted by Crippen LogP contribution is 2.45. The number of nitrogens with zero attached hydrogens (tertiary/aromatic N) is 6. The number of halogens is 1. The van der Waals surface area contributed by atoms with Crippen LogP contribution in [-0.2, 0) is 22.5 Å². The molecular weight excluding hydrogens is 547 g/mol. The number of ether oxygens (including phenoxy) is 1. The fourth-order valence-electron chi connectivity index (χ4n) is 7.26. The SMILES string of the molecule is CCOC(=O)c1cn(CCCN2CN(c3ccc(F)cc3)C3(CCN(C4Cc5cccc6cccc4c56)CC3)C2=O)nn1. The number of esters is 1. The number of piperidine rings is 1. The zero-order chi connectivity index (χ0) is 29.6. The average Bonchev–Trinajstić information content (AvgIpc) is 3.72. The van der Waals surface area contributed by atoms with Gasteiger partial charge in [0.15, 0.2) is 5.69 Å². The summed E-state index contributed by atoms with van der Waals surface area (Å²) < 4.78 is 20.5. The highest BCUT2D eigenvalue weighted by molar-refractivity contribution is 5.94. The quantitative estimate of drug-likeness (QED) is 0.282. The van der Waals surface area contributed by atoms with Gasteiger partial charge in [-0.3, -0.25) is 14.4 Å². The Hall–Kier alpha value is -4.31. The normalized spacial score (nSPS) is 19.6. The summed E-state index contributed by atoms with van der Waals surface area (Å²) in [6.07, 6.45) is 4.63. The van der Waals surface area contributed by atoms with Crippen molar-refractivity contribution in [1.82, 2.24) is 24.8 Å². The molecule has 0 saturated carbocycles. The second-order valence-electron chi connectivity index (χ2n) is 11.7. The lowest BCUT2D eigenvalue weighted by Gasteiger charge is -2.45. The summed E-state index contributed by atoms with van der Waals surface area (Å²) in [6.45, 7) is 5.14. The van der Waals surface area contributed by atoms with Crippen molar-refractivity contribution in [2.75, 3.05) is 37.8 Å². The zero-order valence-corrected chi connectivity index (χ0v) is 24.3. The van der Waals surface area contributed by atoms with Crippen molar-refractivity contribution in [2.24, 2.45) is 0 Å². The number of anilines is 1. The van der Waals surface area contributed by atoms with Crippen LogP contribution in [0.25, 0.3) is 10.8 Å². The maximum absolute atomic E-state index is 14.2. The van der Waals surface area contributed by atoms with Crippen LogP contribution < -0.4 is 4.90 Å². The first-order valence-electron chi connectivity index (χ1n) is 15.1. The minimum Gasteiger partial charge on any atom is -0.461 e. The fourth-order valence-corrected chi connectivity index (χ4v) is 7.26. The van der Waals surface area contributed by atoms with Crippen LogP contribution in [0.3, 0.4) is 0 Å². The summed E-state index contributed by atoms with van der Waals surface area (Å²) in [6, 6.07) is 20.0. The molecule has 1 aliphatic carbocycles. The predicted octanol–water partition coefficient (Wildman–Crippen LogP) is 4.58. The number of aromatic nitrogens is 3. The van der Waals surface area contributed by atoms with Crippen LogP contribution in [0, 0.1) is 5.82 Å². The van der Waals surface area contributed by atoms with Gasteiger partial charge in [0.2, 0.25) is 5.91 Å². The molecule has 3 heterocycles. The van der Waals surface area contributed by atoms with Gasteiger partial charge in [-0.15, -0.1) is 5.10 Å². The number of benzene rings is 3. The van der Waals surface area contributed by atoms with Crippen LogP contribution >= 0.6 is 0 Å². The number of aryl methyl sites for hydroxylation is 1. The van der Waals surface area contributed by atoms with E-state index in [0.29, 0.717) is 45.1 Å². The molecule has 222 valence electrons. The predicted molar refractivity (Wildman–Crippen MR) is 160 cm³/mol. The number of hydrogen-bond donors (Lipinski definition) is 0. The van der Waals surface area contributed by atoms with E-state index in [2.05, 4.69) is 56.5 Å². The lowest BCUT2D eigenvalue weighted by atomic mass is 9.84. The van der Waals surface area contributed by atoms with Gasteiger partial charge >= 0.3 is 5.97 Å². The first-order valence-corrected chi connectivity index (χ1v) is 15.1. The number of carbonyl (C=O) groups excluding carboxylic acids is 2. The van der Waals surface area contributed by atoms with Crippen molar-refractivity contribution < 1.29 is 18.7 Å². The number of amides is 1. The van der Waals surface area contributed by atoms with E-state index in [9.17, 15) is 14.0 Å². The van der Waals surface area contributed by atoms with Gasteiger partial charge in [-0.2, -0.15) is 0 Å². The molecule has 1 atom stereocenters. The number of hydrogen-bond acceptors (Lipinski definition) is 7. The van der Waals surface area contributed by atoms with E-state index >= 15 is 0 Å². The topological polar surface area (TPSA) is 83.8 Å². The molecule has 0 bridgehead atoms. The molecule has 2 saturated heterocycles. The molecule has 2 fully saturated rings. The smallest absolute Gasteiger partial charge is 0.360 e. The van der Waals surface area contributed by atoms with E-state index in [0.717, 1.165) is 25.2 Å². The Balaban J connectivity index is 1.07. The lowest BCUT2D eigenvalue weighted by Crippen LogP contribution is -2.57. The largest absolute Gasteiger partial charge is 0.461 e. The summed E-state index contributed by atoms with van der Waals surface area (Å²) in [5.41, 5.74) is 3.15. The lowest BCUT2D eigenvalue weighted by molar-refractivity contribution is -0.133. The monoisotopic (exact) mass is 582 g/mol. The summed E-state index contributed by atoms with van der Waals surface area (Å²) in [4.78, 5) is 32.8. The molecule has 4 aromatic rings. The summed E-state index contributed by atoms with van der Waals surface area (Å²) >= 11 is 0. The van der Waals surface area contributed by atoms with E-state index < -0.39 is 11.5 Å². The van der Waals surface area contributed by atoms with Crippen molar-refractivity contribution >= 4 is 28.3 Å². The Kier molecular flexibility index (Phi) is 7.09. The van der Waals surface area contributed by atoms with E-state index in [-0.39, 0.29) is 24.0 Å². The minimum atomic E-state index is -0.671. The highest BCUT2D eigenvalue weighted by atomic mass is 19.1. The second kappa shape index (κ2) is 11.1. The number of carbonyl (C=O) groups is 2. The maximum Gasteiger partial charge on any atom is 0.360 e. The van der Waals surface area contributed by atoms with Crippen molar-refractivity contribution in [2.45, 2.75) is 50.7 Å². The third kappa shape index (κ3) is 4.83. The van der Waals surface area contributed by atoms with Gasteiger partial charge in [-0.1, -0.05) is 41.6 Å². The molecule has 3 aliphatic rings. The van der Waals surface area contributed by atoms with Gasteiger partial charge in [0.1, 0.15) is 11.4 Å². The molecule has 3 aromatic carbocycles.